The van der Waals surface area contributed by atoms with E-state index in [1.807, 2.05) is 0 Å². The zero-order valence-electron chi connectivity index (χ0n) is 13.6. The van der Waals surface area contributed by atoms with E-state index < -0.39 is 24.0 Å². The Kier molecular flexibility index (Phi) is 3.94. The molecule has 0 aliphatic heterocycles. The molecule has 1 amide bonds. The number of alkyl halides is 3. The second-order valence-electron chi connectivity index (χ2n) is 6.24. The number of amides is 1. The smallest absolute Gasteiger partial charge is 0.340 e. The van der Waals surface area contributed by atoms with Crippen LogP contribution in [-0.4, -0.2) is 37.7 Å². The molecule has 0 bridgehead atoms. The Bertz CT molecular complexity index is 962. The van der Waals surface area contributed by atoms with E-state index in [0.717, 1.165) is 0 Å². The quantitative estimate of drug-likeness (QED) is 0.753. The third-order valence-corrected chi connectivity index (χ3v) is 5.07. The molecular weight excluding hydrogens is 367 g/mol. The summed E-state index contributed by atoms with van der Waals surface area (Å²) in [4.78, 5) is 21.1. The maximum absolute atomic E-state index is 13.2. The highest BCUT2D eigenvalue weighted by Crippen LogP contribution is 2.40. The first-order chi connectivity index (χ1) is 12.3. The van der Waals surface area contributed by atoms with Crippen LogP contribution >= 0.6 is 11.3 Å². The summed E-state index contributed by atoms with van der Waals surface area (Å²) in [5.41, 5.74) is 1.48. The fraction of sp³-hybridized carbons (Fsp3) is 0.375. The van der Waals surface area contributed by atoms with Crippen molar-refractivity contribution in [3.8, 4) is 10.7 Å². The number of nitrogens with zero attached hydrogens (tertiary/aromatic N) is 4. The summed E-state index contributed by atoms with van der Waals surface area (Å²) in [5.74, 6) is -1.38. The molecule has 1 aliphatic carbocycles. The molecule has 1 unspecified atom stereocenters. The van der Waals surface area contributed by atoms with Crippen molar-refractivity contribution < 1.29 is 18.0 Å². The van der Waals surface area contributed by atoms with Crippen molar-refractivity contribution in [2.45, 2.75) is 32.0 Å². The van der Waals surface area contributed by atoms with Gasteiger partial charge in [-0.05, 0) is 31.7 Å². The minimum atomic E-state index is -4.48. The Balaban J connectivity index is 1.71. The van der Waals surface area contributed by atoms with E-state index in [9.17, 15) is 18.0 Å². The topological polar surface area (TPSA) is 72.2 Å². The van der Waals surface area contributed by atoms with E-state index in [1.54, 1.807) is 24.6 Å². The zero-order chi connectivity index (χ0) is 18.5. The third kappa shape index (κ3) is 3.05. The van der Waals surface area contributed by atoms with Crippen LogP contribution in [0.5, 0.6) is 0 Å². The molecule has 3 heterocycles. The first kappa shape index (κ1) is 17.0. The lowest BCUT2D eigenvalue weighted by molar-refractivity contribution is -0.158. The van der Waals surface area contributed by atoms with Gasteiger partial charge < -0.3 is 5.32 Å². The van der Waals surface area contributed by atoms with Gasteiger partial charge in [0.25, 0.3) is 5.91 Å². The molecule has 0 spiro atoms. The highest BCUT2D eigenvalue weighted by atomic mass is 32.1. The number of carbonyl (C=O) groups is 1. The average molecular weight is 381 g/mol. The number of halogens is 3. The van der Waals surface area contributed by atoms with Crippen molar-refractivity contribution in [2.75, 3.05) is 0 Å². The van der Waals surface area contributed by atoms with Crippen LogP contribution < -0.4 is 5.32 Å². The number of thiazole rings is 1. The van der Waals surface area contributed by atoms with Crippen molar-refractivity contribution in [1.82, 2.24) is 24.9 Å². The molecule has 1 atom stereocenters. The van der Waals surface area contributed by atoms with Crippen molar-refractivity contribution in [2.24, 2.45) is 5.92 Å². The number of carbonyl (C=O) groups excluding carboxylic acids is 1. The molecular formula is C16H14F3N5OS. The van der Waals surface area contributed by atoms with Crippen LogP contribution in [0.2, 0.25) is 0 Å². The molecule has 1 aliphatic rings. The SMILES string of the molecule is Cc1cc(-c2nccs2)nc2c(C(=O)NC(C3CC3)C(F)(F)F)cnn12. The third-order valence-electron chi connectivity index (χ3n) is 4.28. The fourth-order valence-electron chi connectivity index (χ4n) is 2.85. The molecule has 3 aromatic heterocycles. The highest BCUT2D eigenvalue weighted by Gasteiger charge is 2.49. The number of aryl methyl sites for hydroxylation is 1. The van der Waals surface area contributed by atoms with Crippen molar-refractivity contribution in [3.63, 3.8) is 0 Å². The lowest BCUT2D eigenvalue weighted by Gasteiger charge is -2.20. The van der Waals surface area contributed by atoms with E-state index in [1.165, 1.54) is 22.0 Å². The van der Waals surface area contributed by atoms with Crippen molar-refractivity contribution in [3.05, 3.63) is 35.1 Å². The summed E-state index contributed by atoms with van der Waals surface area (Å²) in [6.45, 7) is 1.78. The number of nitrogens with one attached hydrogen (secondary N) is 1. The van der Waals surface area contributed by atoms with Gasteiger partial charge in [0.05, 0.1) is 6.20 Å². The predicted molar refractivity (Wildman–Crippen MR) is 88.9 cm³/mol. The van der Waals surface area contributed by atoms with E-state index in [2.05, 4.69) is 20.4 Å². The molecule has 0 aromatic carbocycles. The maximum Gasteiger partial charge on any atom is 0.408 e. The molecule has 1 N–H and O–H groups in total. The number of hydrogen-bond donors (Lipinski definition) is 1. The Morgan fingerprint density at radius 3 is 2.81 bits per heavy atom. The van der Waals surface area contributed by atoms with Crippen LogP contribution in [0.1, 0.15) is 28.9 Å². The Labute approximate surface area is 150 Å². The van der Waals surface area contributed by atoms with E-state index in [-0.39, 0.29) is 11.2 Å². The molecule has 6 nitrogen and oxygen atoms in total. The molecule has 1 fully saturated rings. The second-order valence-corrected chi connectivity index (χ2v) is 7.14. The van der Waals surface area contributed by atoms with Gasteiger partial charge in [0.15, 0.2) is 5.65 Å². The predicted octanol–water partition coefficient (Wildman–Crippen LogP) is 3.23. The Morgan fingerprint density at radius 2 is 2.19 bits per heavy atom. The summed E-state index contributed by atoms with van der Waals surface area (Å²) in [5, 5.41) is 8.66. The van der Waals surface area contributed by atoms with Gasteiger partial charge in [0.1, 0.15) is 22.3 Å². The minimum absolute atomic E-state index is 0.0152. The summed E-state index contributed by atoms with van der Waals surface area (Å²) < 4.78 is 41.0. The number of hydrogen-bond acceptors (Lipinski definition) is 5. The van der Waals surface area contributed by atoms with Crippen LogP contribution in [0, 0.1) is 12.8 Å². The van der Waals surface area contributed by atoms with Gasteiger partial charge in [-0.15, -0.1) is 11.3 Å². The van der Waals surface area contributed by atoms with Crippen LogP contribution in [0.3, 0.4) is 0 Å². The van der Waals surface area contributed by atoms with Gasteiger partial charge in [-0.25, -0.2) is 14.5 Å². The summed E-state index contributed by atoms with van der Waals surface area (Å²) in [7, 11) is 0. The minimum Gasteiger partial charge on any atom is -0.340 e. The molecule has 1 saturated carbocycles. The summed E-state index contributed by atoms with van der Waals surface area (Å²) >= 11 is 1.38. The van der Waals surface area contributed by atoms with Gasteiger partial charge in [0, 0.05) is 17.3 Å². The number of fused-ring (bicyclic) bond motifs is 1. The van der Waals surface area contributed by atoms with Crippen molar-refractivity contribution >= 4 is 22.9 Å². The molecule has 4 rings (SSSR count). The maximum atomic E-state index is 13.2. The lowest BCUT2D eigenvalue weighted by atomic mass is 10.1. The van der Waals surface area contributed by atoms with Gasteiger partial charge in [-0.2, -0.15) is 18.3 Å². The van der Waals surface area contributed by atoms with Gasteiger partial charge >= 0.3 is 6.18 Å². The highest BCUT2D eigenvalue weighted by molar-refractivity contribution is 7.13. The van der Waals surface area contributed by atoms with Gasteiger partial charge in [-0.1, -0.05) is 0 Å². The summed E-state index contributed by atoms with van der Waals surface area (Å²) in [6.07, 6.45) is -0.670. The second kappa shape index (κ2) is 6.04. The Morgan fingerprint density at radius 1 is 1.42 bits per heavy atom. The molecule has 10 heteroatoms. The standard InChI is InChI=1S/C16H14F3N5OS/c1-8-6-11(15-20-4-5-26-15)22-13-10(7-21-24(8)13)14(25)23-12(9-2-3-9)16(17,18)19/h4-7,9,12H,2-3H2,1H3,(H,23,25). The molecule has 136 valence electrons. The van der Waals surface area contributed by atoms with E-state index in [0.29, 0.717) is 29.2 Å². The average Bonchev–Trinajstić information content (AvgIpc) is 3.09. The summed E-state index contributed by atoms with van der Waals surface area (Å²) in [6, 6.07) is -0.0725. The van der Waals surface area contributed by atoms with E-state index >= 15 is 0 Å². The van der Waals surface area contributed by atoms with Crippen LogP contribution in [0.25, 0.3) is 16.3 Å². The molecule has 0 saturated heterocycles. The van der Waals surface area contributed by atoms with Gasteiger partial charge in [0.2, 0.25) is 0 Å². The lowest BCUT2D eigenvalue weighted by Crippen LogP contribution is -2.46. The fourth-order valence-corrected chi connectivity index (χ4v) is 3.45. The number of rotatable bonds is 4. The largest absolute Gasteiger partial charge is 0.408 e. The van der Waals surface area contributed by atoms with Crippen LogP contribution in [-0.2, 0) is 0 Å². The monoisotopic (exact) mass is 381 g/mol. The normalized spacial score (nSPS) is 16.0. The number of aromatic nitrogens is 4. The van der Waals surface area contributed by atoms with Crippen LogP contribution in [0.4, 0.5) is 13.2 Å². The first-order valence-electron chi connectivity index (χ1n) is 7.97. The first-order valence-corrected chi connectivity index (χ1v) is 8.85. The molecule has 3 aromatic rings. The zero-order valence-corrected chi connectivity index (χ0v) is 14.4. The molecule has 26 heavy (non-hydrogen) atoms. The van der Waals surface area contributed by atoms with Crippen LogP contribution in [0.15, 0.2) is 23.8 Å². The van der Waals surface area contributed by atoms with Gasteiger partial charge in [-0.3, -0.25) is 4.79 Å². The Hall–Kier alpha value is -2.49. The van der Waals surface area contributed by atoms with Crippen molar-refractivity contribution in [1.29, 1.82) is 0 Å². The van der Waals surface area contributed by atoms with E-state index in [4.69, 9.17) is 0 Å². The molecule has 0 radical (unpaired) electrons.